The molecule has 316 valence electrons. The second kappa shape index (κ2) is 38.1. The molecule has 2 atom stereocenters. The Morgan fingerprint density at radius 3 is 1.52 bits per heavy atom. The van der Waals surface area contributed by atoms with Gasteiger partial charge in [0.1, 0.15) is 12.6 Å². The summed E-state index contributed by atoms with van der Waals surface area (Å²) in [7, 11) is 5.37. The fraction of sp³-hybridized carbons (Fsp3) is 0.604. The lowest BCUT2D eigenvalue weighted by Gasteiger charge is -2.34. The molecule has 0 aromatic heterocycles. The number of carbonyl (C=O) groups is 3. The third-order valence-corrected chi connectivity index (χ3v) is 8.89. The highest BCUT2D eigenvalue weighted by Crippen LogP contribution is 2.12. The van der Waals surface area contributed by atoms with Crippen LogP contribution >= 0.6 is 0 Å². The van der Waals surface area contributed by atoms with E-state index in [0.29, 0.717) is 12.8 Å². The maximum Gasteiger partial charge on any atom is 0.306 e. The van der Waals surface area contributed by atoms with Crippen LogP contribution in [0.4, 0.5) is 0 Å². The summed E-state index contributed by atoms with van der Waals surface area (Å²) < 4.78 is 17.1. The second-order valence-corrected chi connectivity index (χ2v) is 15.0. The van der Waals surface area contributed by atoms with Crippen LogP contribution in [-0.4, -0.2) is 75.5 Å². The van der Waals surface area contributed by atoms with Gasteiger partial charge < -0.3 is 28.6 Å². The minimum Gasteiger partial charge on any atom is -0.544 e. The van der Waals surface area contributed by atoms with Gasteiger partial charge in [0.05, 0.1) is 40.3 Å². The molecule has 0 aliphatic rings. The summed E-state index contributed by atoms with van der Waals surface area (Å²) in [5.41, 5.74) is 0. The van der Waals surface area contributed by atoms with Gasteiger partial charge in [-0.05, 0) is 57.8 Å². The number of hydrogen-bond donors (Lipinski definition) is 0. The predicted octanol–water partition coefficient (Wildman–Crippen LogP) is 10.2. The first-order chi connectivity index (χ1) is 27.1. The topological polar surface area (TPSA) is 102 Å². The molecular formula is C48H77NO7. The minimum atomic E-state index is -1.14. The molecule has 0 aromatic carbocycles. The molecule has 0 amide bonds. The van der Waals surface area contributed by atoms with Gasteiger partial charge in [0, 0.05) is 19.3 Å². The van der Waals surface area contributed by atoms with Gasteiger partial charge in [0.2, 0.25) is 0 Å². The SMILES string of the molecule is CC/C=C/C=C/C=C/C=C/C=C/C=C/CCCCCC(=O)OC(COCCC(C(=O)[O-])[N+](C)(C)C)COC(=O)CCCCCCCC/C=C/C=C/CCCCC. The molecule has 0 N–H and O–H groups in total. The van der Waals surface area contributed by atoms with Crippen LogP contribution in [0.25, 0.3) is 0 Å². The normalized spacial score (nSPS) is 13.9. The molecule has 0 saturated carbocycles. The van der Waals surface area contributed by atoms with Crippen molar-refractivity contribution in [2.75, 3.05) is 41.0 Å². The van der Waals surface area contributed by atoms with Crippen molar-refractivity contribution >= 4 is 17.9 Å². The van der Waals surface area contributed by atoms with E-state index >= 15 is 0 Å². The molecule has 0 aliphatic carbocycles. The highest BCUT2D eigenvalue weighted by Gasteiger charge is 2.25. The molecule has 0 heterocycles. The van der Waals surface area contributed by atoms with Crippen molar-refractivity contribution in [3.8, 4) is 0 Å². The number of allylic oxidation sites excluding steroid dienone is 16. The lowest BCUT2D eigenvalue weighted by Crippen LogP contribution is -2.55. The Balaban J connectivity index is 4.52. The number of quaternary nitrogens is 1. The van der Waals surface area contributed by atoms with Crippen molar-refractivity contribution in [3.05, 3.63) is 97.2 Å². The van der Waals surface area contributed by atoms with Gasteiger partial charge in [0.15, 0.2) is 6.10 Å². The number of rotatable bonds is 36. The number of esters is 2. The molecule has 56 heavy (non-hydrogen) atoms. The maximum atomic E-state index is 12.7. The molecule has 0 bridgehead atoms. The highest BCUT2D eigenvalue weighted by molar-refractivity contribution is 5.70. The van der Waals surface area contributed by atoms with Crippen molar-refractivity contribution < 1.29 is 38.2 Å². The van der Waals surface area contributed by atoms with E-state index in [1.165, 1.54) is 32.1 Å². The molecule has 0 rings (SSSR count). The Kier molecular flexibility index (Phi) is 35.6. The number of aliphatic carboxylic acids is 1. The third-order valence-electron chi connectivity index (χ3n) is 8.89. The highest BCUT2D eigenvalue weighted by atomic mass is 16.6. The molecule has 0 fully saturated rings. The fourth-order valence-electron chi connectivity index (χ4n) is 5.56. The van der Waals surface area contributed by atoms with Crippen LogP contribution < -0.4 is 5.11 Å². The monoisotopic (exact) mass is 780 g/mol. The lowest BCUT2D eigenvalue weighted by atomic mass is 10.1. The van der Waals surface area contributed by atoms with Crippen molar-refractivity contribution in [1.29, 1.82) is 0 Å². The molecule has 0 saturated heterocycles. The zero-order chi connectivity index (χ0) is 41.4. The Hall–Kier alpha value is -3.75. The van der Waals surface area contributed by atoms with Crippen LogP contribution in [0.2, 0.25) is 0 Å². The zero-order valence-electron chi connectivity index (χ0n) is 35.8. The number of hydrogen-bond acceptors (Lipinski definition) is 7. The zero-order valence-corrected chi connectivity index (χ0v) is 35.8. The minimum absolute atomic E-state index is 0.0118. The van der Waals surface area contributed by atoms with E-state index < -0.39 is 18.1 Å². The average molecular weight is 780 g/mol. The quantitative estimate of drug-likeness (QED) is 0.0270. The number of nitrogens with zero attached hydrogens (tertiary/aromatic N) is 1. The van der Waals surface area contributed by atoms with E-state index in [4.69, 9.17) is 14.2 Å². The molecule has 0 aliphatic heterocycles. The van der Waals surface area contributed by atoms with E-state index in [0.717, 1.165) is 64.2 Å². The van der Waals surface area contributed by atoms with Crippen LogP contribution in [0, 0.1) is 0 Å². The molecular weight excluding hydrogens is 703 g/mol. The number of carboxylic acids is 1. The Bertz CT molecular complexity index is 1230. The van der Waals surface area contributed by atoms with Gasteiger partial charge >= 0.3 is 11.9 Å². The fourth-order valence-corrected chi connectivity index (χ4v) is 5.56. The van der Waals surface area contributed by atoms with E-state index in [9.17, 15) is 19.5 Å². The molecule has 0 radical (unpaired) electrons. The van der Waals surface area contributed by atoms with Crippen molar-refractivity contribution in [2.45, 2.75) is 148 Å². The van der Waals surface area contributed by atoms with Crippen LogP contribution in [0.5, 0.6) is 0 Å². The molecule has 8 nitrogen and oxygen atoms in total. The van der Waals surface area contributed by atoms with E-state index in [1.54, 1.807) is 21.1 Å². The molecule has 2 unspecified atom stereocenters. The second-order valence-electron chi connectivity index (χ2n) is 15.0. The molecule has 0 aromatic rings. The van der Waals surface area contributed by atoms with Crippen molar-refractivity contribution in [2.24, 2.45) is 0 Å². The van der Waals surface area contributed by atoms with Gasteiger partial charge in [-0.2, -0.15) is 0 Å². The van der Waals surface area contributed by atoms with Crippen molar-refractivity contribution in [1.82, 2.24) is 0 Å². The first-order valence-electron chi connectivity index (χ1n) is 21.4. The summed E-state index contributed by atoms with van der Waals surface area (Å²) >= 11 is 0. The maximum absolute atomic E-state index is 12.7. The van der Waals surface area contributed by atoms with Gasteiger partial charge in [-0.1, -0.05) is 156 Å². The predicted molar refractivity (Wildman–Crippen MR) is 231 cm³/mol. The average Bonchev–Trinajstić information content (AvgIpc) is 3.15. The number of unbranched alkanes of at least 4 members (excludes halogenated alkanes) is 12. The molecule has 0 spiro atoms. The van der Waals surface area contributed by atoms with E-state index in [2.05, 4.69) is 50.3 Å². The number of ether oxygens (including phenoxy) is 3. The van der Waals surface area contributed by atoms with Crippen LogP contribution in [0.15, 0.2) is 97.2 Å². The first-order valence-corrected chi connectivity index (χ1v) is 21.4. The summed E-state index contributed by atoms with van der Waals surface area (Å²) in [6.45, 7) is 4.40. The summed E-state index contributed by atoms with van der Waals surface area (Å²) in [5.74, 6) is -1.82. The van der Waals surface area contributed by atoms with Gasteiger partial charge in [-0.15, -0.1) is 0 Å². The summed E-state index contributed by atoms with van der Waals surface area (Å²) in [5, 5.41) is 11.6. The van der Waals surface area contributed by atoms with Gasteiger partial charge in [0.25, 0.3) is 0 Å². The molecule has 8 heteroatoms. The van der Waals surface area contributed by atoms with Gasteiger partial charge in [-0.25, -0.2) is 0 Å². The standard InChI is InChI=1S/C48H77NO7/c1-6-8-10-12-14-16-18-20-22-23-25-27-29-31-33-35-37-39-47(51)56-44(42-54-41-40-45(48(52)53)49(3,4)5)43-55-46(50)38-36-34-32-30-28-26-24-21-19-17-15-13-11-9-7-2/h8,10,12,14-23,25,27,29,44-45H,6-7,9,11,13,24,26,28,30-43H2,1-5H3/b10-8+,14-12+,17-15+,18-16+,21-19+,22-20+,25-23+,29-27+. The summed E-state index contributed by atoms with van der Waals surface area (Å²) in [6.07, 6.45) is 50.0. The van der Waals surface area contributed by atoms with E-state index in [-0.39, 0.29) is 49.1 Å². The van der Waals surface area contributed by atoms with Crippen LogP contribution in [0.3, 0.4) is 0 Å². The summed E-state index contributed by atoms with van der Waals surface area (Å²) in [6, 6.07) is -0.742. The first kappa shape index (κ1) is 52.2. The Morgan fingerprint density at radius 2 is 1.00 bits per heavy atom. The lowest BCUT2D eigenvalue weighted by molar-refractivity contribution is -0.889. The smallest absolute Gasteiger partial charge is 0.306 e. The van der Waals surface area contributed by atoms with E-state index in [1.807, 2.05) is 60.8 Å². The Labute approximate surface area is 341 Å². The summed E-state index contributed by atoms with van der Waals surface area (Å²) in [4.78, 5) is 36.8. The Morgan fingerprint density at radius 1 is 0.554 bits per heavy atom. The number of carbonyl (C=O) groups excluding carboxylic acids is 3. The number of carboxylic acid groups (broad SMARTS) is 1. The third kappa shape index (κ3) is 35.9. The largest absolute Gasteiger partial charge is 0.544 e. The van der Waals surface area contributed by atoms with Crippen LogP contribution in [-0.2, 0) is 28.6 Å². The van der Waals surface area contributed by atoms with Gasteiger partial charge in [-0.3, -0.25) is 9.59 Å². The number of likely N-dealkylation sites (N-methyl/N-ethyl adjacent to an activating group) is 1. The van der Waals surface area contributed by atoms with Crippen molar-refractivity contribution in [3.63, 3.8) is 0 Å². The van der Waals surface area contributed by atoms with Crippen LogP contribution in [0.1, 0.15) is 136 Å².